The minimum absolute atomic E-state index is 0.0276. The smallest absolute Gasteiger partial charge is 0.133 e. The average molecular weight is 467 g/mol. The van der Waals surface area contributed by atoms with E-state index in [0.29, 0.717) is 16.7 Å². The molecule has 0 aliphatic carbocycles. The zero-order chi connectivity index (χ0) is 22.9. The lowest BCUT2D eigenvalue weighted by atomic mass is 9.86. The van der Waals surface area contributed by atoms with Gasteiger partial charge in [0.15, 0.2) is 0 Å². The lowest BCUT2D eigenvalue weighted by Crippen LogP contribution is -2.25. The first-order chi connectivity index (χ1) is 15.3. The summed E-state index contributed by atoms with van der Waals surface area (Å²) in [6.07, 6.45) is 0. The van der Waals surface area contributed by atoms with Crippen LogP contribution in [-0.4, -0.2) is 12.4 Å². The van der Waals surface area contributed by atoms with Gasteiger partial charge in [-0.25, -0.2) is 0 Å². The summed E-state index contributed by atoms with van der Waals surface area (Å²) in [7, 11) is 0. The zero-order valence-electron chi connectivity index (χ0n) is 18.8. The van der Waals surface area contributed by atoms with Gasteiger partial charge >= 0.3 is 0 Å². The van der Waals surface area contributed by atoms with E-state index in [1.807, 2.05) is 55.5 Å². The van der Waals surface area contributed by atoms with Gasteiger partial charge in [0.2, 0.25) is 0 Å². The summed E-state index contributed by atoms with van der Waals surface area (Å²) in [6.45, 7) is 9.21. The molecule has 2 atom stereocenters. The highest BCUT2D eigenvalue weighted by atomic mass is 35.5. The molecule has 3 aromatic carbocycles. The van der Waals surface area contributed by atoms with Gasteiger partial charge in [-0.3, -0.25) is 4.99 Å². The van der Waals surface area contributed by atoms with Crippen molar-refractivity contribution in [3.05, 3.63) is 99.0 Å². The van der Waals surface area contributed by atoms with Crippen molar-refractivity contribution in [3.8, 4) is 5.75 Å². The first-order valence-corrected chi connectivity index (χ1v) is 11.6. The van der Waals surface area contributed by atoms with Crippen LogP contribution < -0.4 is 10.1 Å². The van der Waals surface area contributed by atoms with Gasteiger partial charge < -0.3 is 10.1 Å². The molecule has 3 aromatic rings. The van der Waals surface area contributed by atoms with Crippen molar-refractivity contribution < 1.29 is 4.74 Å². The molecule has 1 heterocycles. The minimum Gasteiger partial charge on any atom is -0.493 e. The van der Waals surface area contributed by atoms with E-state index in [4.69, 9.17) is 32.9 Å². The van der Waals surface area contributed by atoms with E-state index in [0.717, 1.165) is 28.3 Å². The summed E-state index contributed by atoms with van der Waals surface area (Å²) in [6, 6.07) is 22.1. The zero-order valence-corrected chi connectivity index (χ0v) is 20.3. The number of amidine groups is 1. The number of hydrogen-bond acceptors (Lipinski definition) is 3. The van der Waals surface area contributed by atoms with Gasteiger partial charge in [0.1, 0.15) is 17.6 Å². The van der Waals surface area contributed by atoms with Crippen LogP contribution in [-0.2, 0) is 5.41 Å². The lowest BCUT2D eigenvalue weighted by Gasteiger charge is -2.22. The van der Waals surface area contributed by atoms with E-state index in [1.165, 1.54) is 5.56 Å². The van der Waals surface area contributed by atoms with Crippen molar-refractivity contribution in [2.45, 2.75) is 45.2 Å². The number of rotatable bonds is 5. The summed E-state index contributed by atoms with van der Waals surface area (Å²) in [5.74, 6) is 1.67. The SMILES string of the molecule is CCOc1cc(C(C)(C)C)ccc1C1=NC(c2ccc(Cl)cc2)C(c2ccc(Cl)cc2)N1. The highest BCUT2D eigenvalue weighted by Gasteiger charge is 2.33. The number of benzene rings is 3. The van der Waals surface area contributed by atoms with Crippen molar-refractivity contribution in [2.75, 3.05) is 6.61 Å². The molecular formula is C27H28Cl2N2O. The predicted molar refractivity (Wildman–Crippen MR) is 134 cm³/mol. The Balaban J connectivity index is 1.78. The van der Waals surface area contributed by atoms with Crippen LogP contribution in [0.4, 0.5) is 0 Å². The molecule has 1 aliphatic heterocycles. The molecule has 0 spiro atoms. The van der Waals surface area contributed by atoms with Gasteiger partial charge in [-0.2, -0.15) is 0 Å². The standard InChI is InChI=1S/C27H28Cl2N2O/c1-5-32-23-16-19(27(2,3)4)10-15-22(23)26-30-24(17-6-11-20(28)12-7-17)25(31-26)18-8-13-21(29)14-9-18/h6-16,24-25H,5H2,1-4H3,(H,30,31). The molecule has 0 bridgehead atoms. The number of aliphatic imine (C=N–C) groups is 1. The molecule has 0 saturated carbocycles. The Bertz CT molecular complexity index is 1120. The minimum atomic E-state index is -0.0970. The van der Waals surface area contributed by atoms with Gasteiger partial charge in [-0.1, -0.05) is 74.3 Å². The second kappa shape index (κ2) is 9.17. The summed E-state index contributed by atoms with van der Waals surface area (Å²) in [4.78, 5) is 5.12. The lowest BCUT2D eigenvalue weighted by molar-refractivity contribution is 0.338. The Morgan fingerprint density at radius 1 is 0.875 bits per heavy atom. The van der Waals surface area contributed by atoms with Crippen LogP contribution >= 0.6 is 23.2 Å². The molecule has 3 nitrogen and oxygen atoms in total. The van der Waals surface area contributed by atoms with E-state index in [2.05, 4.69) is 44.3 Å². The fourth-order valence-corrected chi connectivity index (χ4v) is 4.20. The third-order valence-corrected chi connectivity index (χ3v) is 6.22. The Morgan fingerprint density at radius 3 is 2.03 bits per heavy atom. The molecular weight excluding hydrogens is 439 g/mol. The van der Waals surface area contributed by atoms with Crippen molar-refractivity contribution in [3.63, 3.8) is 0 Å². The van der Waals surface area contributed by atoms with Crippen LogP contribution in [0.5, 0.6) is 5.75 Å². The molecule has 0 saturated heterocycles. The summed E-state index contributed by atoms with van der Waals surface area (Å²) in [5, 5.41) is 5.08. The van der Waals surface area contributed by atoms with E-state index in [-0.39, 0.29) is 17.5 Å². The summed E-state index contributed by atoms with van der Waals surface area (Å²) >= 11 is 12.3. The highest BCUT2D eigenvalue weighted by molar-refractivity contribution is 6.30. The van der Waals surface area contributed by atoms with Crippen molar-refractivity contribution in [2.24, 2.45) is 4.99 Å². The maximum absolute atomic E-state index is 6.14. The van der Waals surface area contributed by atoms with Crippen LogP contribution in [0.3, 0.4) is 0 Å². The van der Waals surface area contributed by atoms with Gasteiger partial charge in [0.05, 0.1) is 18.2 Å². The van der Waals surface area contributed by atoms with Gasteiger partial charge in [-0.15, -0.1) is 0 Å². The molecule has 0 radical (unpaired) electrons. The molecule has 166 valence electrons. The molecule has 0 fully saturated rings. The molecule has 1 aliphatic rings. The second-order valence-electron chi connectivity index (χ2n) is 9.04. The Hall–Kier alpha value is -2.49. The molecule has 32 heavy (non-hydrogen) atoms. The average Bonchev–Trinajstić information content (AvgIpc) is 3.19. The number of halogens is 2. The highest BCUT2D eigenvalue weighted by Crippen LogP contribution is 2.39. The molecule has 4 rings (SSSR count). The monoisotopic (exact) mass is 466 g/mol. The van der Waals surface area contributed by atoms with E-state index < -0.39 is 0 Å². The number of ether oxygens (including phenoxy) is 1. The third kappa shape index (κ3) is 4.79. The van der Waals surface area contributed by atoms with Crippen LogP contribution in [0.15, 0.2) is 71.7 Å². The van der Waals surface area contributed by atoms with Crippen molar-refractivity contribution >= 4 is 29.0 Å². The van der Waals surface area contributed by atoms with Crippen LogP contribution in [0.2, 0.25) is 10.0 Å². The number of nitrogens with zero attached hydrogens (tertiary/aromatic N) is 1. The number of nitrogens with one attached hydrogen (secondary N) is 1. The quantitative estimate of drug-likeness (QED) is 0.421. The fourth-order valence-electron chi connectivity index (χ4n) is 3.95. The first kappa shape index (κ1) is 22.7. The first-order valence-electron chi connectivity index (χ1n) is 10.9. The van der Waals surface area contributed by atoms with Gasteiger partial charge in [0.25, 0.3) is 0 Å². The largest absolute Gasteiger partial charge is 0.493 e. The van der Waals surface area contributed by atoms with E-state index >= 15 is 0 Å². The van der Waals surface area contributed by atoms with E-state index in [1.54, 1.807) is 0 Å². The van der Waals surface area contributed by atoms with E-state index in [9.17, 15) is 0 Å². The predicted octanol–water partition coefficient (Wildman–Crippen LogP) is 7.52. The second-order valence-corrected chi connectivity index (χ2v) is 9.91. The van der Waals surface area contributed by atoms with Gasteiger partial charge in [0, 0.05) is 10.0 Å². The van der Waals surface area contributed by atoms with Crippen molar-refractivity contribution in [1.82, 2.24) is 5.32 Å². The molecule has 2 unspecified atom stereocenters. The number of hydrogen-bond donors (Lipinski definition) is 1. The van der Waals surface area contributed by atoms with Crippen LogP contribution in [0, 0.1) is 0 Å². The Morgan fingerprint density at radius 2 is 1.47 bits per heavy atom. The fraction of sp³-hybridized carbons (Fsp3) is 0.296. The maximum atomic E-state index is 6.14. The molecule has 1 N–H and O–H groups in total. The van der Waals surface area contributed by atoms with Crippen LogP contribution in [0.25, 0.3) is 0 Å². The Labute approximate surface area is 200 Å². The summed E-state index contributed by atoms with van der Waals surface area (Å²) < 4.78 is 6.04. The molecule has 0 amide bonds. The van der Waals surface area contributed by atoms with Crippen LogP contribution in [0.1, 0.15) is 62.0 Å². The third-order valence-electron chi connectivity index (χ3n) is 5.72. The van der Waals surface area contributed by atoms with Crippen molar-refractivity contribution in [1.29, 1.82) is 0 Å². The maximum Gasteiger partial charge on any atom is 0.133 e. The summed E-state index contributed by atoms with van der Waals surface area (Å²) in [5.41, 5.74) is 4.45. The van der Waals surface area contributed by atoms with Gasteiger partial charge in [-0.05, 0) is 65.4 Å². The topological polar surface area (TPSA) is 33.6 Å². The Kier molecular flexibility index (Phi) is 6.50. The normalized spacial score (nSPS) is 18.2. The molecule has 5 heteroatoms. The molecule has 0 aromatic heterocycles.